The SMILES string of the molecule is CC1CCCC(NCc2ncc(Cl)s2)CC1. The fourth-order valence-corrected chi connectivity index (χ4v) is 3.20. The molecule has 0 amide bonds. The fourth-order valence-electron chi connectivity index (χ4n) is 2.29. The van der Waals surface area contributed by atoms with Gasteiger partial charge in [-0.25, -0.2) is 4.98 Å². The molecule has 0 spiro atoms. The van der Waals surface area contributed by atoms with Gasteiger partial charge in [0, 0.05) is 12.6 Å². The molecular weight excluding hydrogens is 240 g/mol. The summed E-state index contributed by atoms with van der Waals surface area (Å²) >= 11 is 7.43. The zero-order valence-corrected chi connectivity index (χ0v) is 11.3. The number of hydrogen-bond acceptors (Lipinski definition) is 3. The first-order chi connectivity index (χ1) is 7.74. The molecule has 2 nitrogen and oxygen atoms in total. The number of nitrogens with zero attached hydrogens (tertiary/aromatic N) is 1. The molecule has 1 saturated carbocycles. The van der Waals surface area contributed by atoms with Crippen LogP contribution in [0.25, 0.3) is 0 Å². The van der Waals surface area contributed by atoms with E-state index in [4.69, 9.17) is 11.6 Å². The van der Waals surface area contributed by atoms with Crippen LogP contribution in [-0.2, 0) is 6.54 Å². The van der Waals surface area contributed by atoms with Crippen LogP contribution < -0.4 is 5.32 Å². The minimum Gasteiger partial charge on any atom is -0.308 e. The molecule has 0 aliphatic heterocycles. The molecule has 1 aliphatic carbocycles. The Labute approximate surface area is 106 Å². The van der Waals surface area contributed by atoms with E-state index in [9.17, 15) is 0 Å². The molecule has 90 valence electrons. The lowest BCUT2D eigenvalue weighted by atomic mass is 10.0. The Morgan fingerprint density at radius 3 is 3.06 bits per heavy atom. The van der Waals surface area contributed by atoms with E-state index in [0.29, 0.717) is 6.04 Å². The van der Waals surface area contributed by atoms with Gasteiger partial charge in [-0.1, -0.05) is 31.4 Å². The molecule has 0 bridgehead atoms. The molecule has 0 radical (unpaired) electrons. The van der Waals surface area contributed by atoms with Crippen LogP contribution in [0.3, 0.4) is 0 Å². The predicted molar refractivity (Wildman–Crippen MR) is 70.0 cm³/mol. The van der Waals surface area contributed by atoms with Crippen LogP contribution in [-0.4, -0.2) is 11.0 Å². The minimum absolute atomic E-state index is 0.674. The van der Waals surface area contributed by atoms with E-state index in [0.717, 1.165) is 21.8 Å². The first-order valence-corrected chi connectivity index (χ1v) is 7.27. The molecule has 2 atom stereocenters. The van der Waals surface area contributed by atoms with Crippen molar-refractivity contribution in [2.75, 3.05) is 0 Å². The summed E-state index contributed by atoms with van der Waals surface area (Å²) in [6.07, 6.45) is 8.46. The molecule has 1 aromatic rings. The summed E-state index contributed by atoms with van der Waals surface area (Å²) in [6, 6.07) is 0.674. The summed E-state index contributed by atoms with van der Waals surface area (Å²) in [5.74, 6) is 0.904. The third-order valence-corrected chi connectivity index (χ3v) is 4.44. The summed E-state index contributed by atoms with van der Waals surface area (Å²) in [6.45, 7) is 3.24. The molecule has 1 aliphatic rings. The Hall–Kier alpha value is -0.120. The summed E-state index contributed by atoms with van der Waals surface area (Å²) < 4.78 is 0.784. The highest BCUT2D eigenvalue weighted by Gasteiger charge is 2.15. The Morgan fingerprint density at radius 1 is 1.44 bits per heavy atom. The molecule has 0 aromatic carbocycles. The van der Waals surface area contributed by atoms with Crippen molar-refractivity contribution in [2.24, 2.45) is 5.92 Å². The lowest BCUT2D eigenvalue weighted by Crippen LogP contribution is -2.27. The van der Waals surface area contributed by atoms with E-state index >= 15 is 0 Å². The van der Waals surface area contributed by atoms with Crippen molar-refractivity contribution >= 4 is 22.9 Å². The monoisotopic (exact) mass is 258 g/mol. The molecule has 2 rings (SSSR count). The van der Waals surface area contributed by atoms with E-state index in [2.05, 4.69) is 17.2 Å². The van der Waals surface area contributed by atoms with Crippen LogP contribution in [0.4, 0.5) is 0 Å². The Kier molecular flexibility index (Phi) is 4.62. The van der Waals surface area contributed by atoms with Crippen molar-refractivity contribution in [2.45, 2.75) is 51.6 Å². The van der Waals surface area contributed by atoms with Crippen LogP contribution in [0.2, 0.25) is 4.34 Å². The molecule has 4 heteroatoms. The lowest BCUT2D eigenvalue weighted by molar-refractivity contribution is 0.447. The van der Waals surface area contributed by atoms with Crippen LogP contribution in [0.5, 0.6) is 0 Å². The highest BCUT2D eigenvalue weighted by Crippen LogP contribution is 2.23. The average Bonchev–Trinajstić information content (AvgIpc) is 2.56. The fraction of sp³-hybridized carbons (Fsp3) is 0.750. The zero-order valence-electron chi connectivity index (χ0n) is 9.71. The highest BCUT2D eigenvalue weighted by atomic mass is 35.5. The molecule has 1 aromatic heterocycles. The average molecular weight is 259 g/mol. The van der Waals surface area contributed by atoms with Gasteiger partial charge >= 0.3 is 0 Å². The standard InChI is InChI=1S/C12H19ClN2S/c1-9-3-2-4-10(6-5-9)14-8-12-15-7-11(13)16-12/h7,9-10,14H,2-6,8H2,1H3. The summed E-state index contributed by atoms with van der Waals surface area (Å²) in [7, 11) is 0. The zero-order chi connectivity index (χ0) is 11.4. The van der Waals surface area contributed by atoms with Crippen LogP contribution in [0, 0.1) is 5.92 Å². The quantitative estimate of drug-likeness (QED) is 0.833. The van der Waals surface area contributed by atoms with Gasteiger partial charge < -0.3 is 5.32 Å². The largest absolute Gasteiger partial charge is 0.308 e. The third-order valence-electron chi connectivity index (χ3n) is 3.32. The Bertz CT molecular complexity index is 327. The second kappa shape index (κ2) is 5.99. The number of nitrogens with one attached hydrogen (secondary N) is 1. The number of halogens is 1. The Morgan fingerprint density at radius 2 is 2.31 bits per heavy atom. The molecule has 1 N–H and O–H groups in total. The number of hydrogen-bond donors (Lipinski definition) is 1. The smallest absolute Gasteiger partial charge is 0.113 e. The third kappa shape index (κ3) is 3.72. The van der Waals surface area contributed by atoms with Crippen LogP contribution in [0.1, 0.15) is 44.0 Å². The summed E-state index contributed by atoms with van der Waals surface area (Å²) in [5, 5.41) is 4.70. The highest BCUT2D eigenvalue weighted by molar-refractivity contribution is 7.15. The van der Waals surface area contributed by atoms with Gasteiger partial charge in [-0.2, -0.15) is 0 Å². The second-order valence-corrected chi connectivity index (χ2v) is 6.50. The van der Waals surface area contributed by atoms with Crippen molar-refractivity contribution in [1.29, 1.82) is 0 Å². The van der Waals surface area contributed by atoms with Gasteiger partial charge in [0.25, 0.3) is 0 Å². The minimum atomic E-state index is 0.674. The van der Waals surface area contributed by atoms with Gasteiger partial charge in [0.15, 0.2) is 0 Å². The molecule has 1 fully saturated rings. The summed E-state index contributed by atoms with van der Waals surface area (Å²) in [4.78, 5) is 4.26. The maximum atomic E-state index is 5.86. The van der Waals surface area contributed by atoms with Crippen LogP contribution in [0.15, 0.2) is 6.20 Å². The first kappa shape index (κ1) is 12.3. The number of thiazole rings is 1. The second-order valence-electron chi connectivity index (χ2n) is 4.75. The topological polar surface area (TPSA) is 24.9 Å². The van der Waals surface area contributed by atoms with Gasteiger partial charge in [0.1, 0.15) is 9.34 Å². The maximum absolute atomic E-state index is 5.86. The van der Waals surface area contributed by atoms with E-state index in [-0.39, 0.29) is 0 Å². The van der Waals surface area contributed by atoms with Crippen molar-refractivity contribution < 1.29 is 0 Å². The van der Waals surface area contributed by atoms with Gasteiger partial charge in [0.05, 0.1) is 6.20 Å². The van der Waals surface area contributed by atoms with E-state index in [1.165, 1.54) is 32.1 Å². The molecule has 16 heavy (non-hydrogen) atoms. The Balaban J connectivity index is 1.77. The predicted octanol–water partition coefficient (Wildman–Crippen LogP) is 3.85. The lowest BCUT2D eigenvalue weighted by Gasteiger charge is -2.15. The number of rotatable bonds is 3. The van der Waals surface area contributed by atoms with E-state index in [1.807, 2.05) is 0 Å². The van der Waals surface area contributed by atoms with Gasteiger partial charge in [-0.3, -0.25) is 0 Å². The van der Waals surface area contributed by atoms with Crippen molar-refractivity contribution in [1.82, 2.24) is 10.3 Å². The van der Waals surface area contributed by atoms with Crippen molar-refractivity contribution in [3.63, 3.8) is 0 Å². The van der Waals surface area contributed by atoms with E-state index < -0.39 is 0 Å². The normalized spacial score (nSPS) is 26.6. The maximum Gasteiger partial charge on any atom is 0.113 e. The molecule has 1 heterocycles. The molecule has 0 saturated heterocycles. The van der Waals surface area contributed by atoms with Crippen LogP contribution >= 0.6 is 22.9 Å². The van der Waals surface area contributed by atoms with Gasteiger partial charge in [0.2, 0.25) is 0 Å². The molecule has 2 unspecified atom stereocenters. The summed E-state index contributed by atoms with van der Waals surface area (Å²) in [5.41, 5.74) is 0. The first-order valence-electron chi connectivity index (χ1n) is 6.07. The van der Waals surface area contributed by atoms with Crippen molar-refractivity contribution in [3.05, 3.63) is 15.5 Å². The van der Waals surface area contributed by atoms with Gasteiger partial charge in [-0.15, -0.1) is 11.3 Å². The van der Waals surface area contributed by atoms with E-state index in [1.54, 1.807) is 17.5 Å². The van der Waals surface area contributed by atoms with Crippen molar-refractivity contribution in [3.8, 4) is 0 Å². The van der Waals surface area contributed by atoms with Gasteiger partial charge in [-0.05, 0) is 25.2 Å². The molecular formula is C12H19ClN2S. The number of aromatic nitrogens is 1.